The SMILES string of the molecule is Cc1nc(N2CCOCC2)sc1C1C([O-])C(c2sc(N3CCOCC3)nc2C)C1[O-]. The molecule has 0 bridgehead atoms. The van der Waals surface area contributed by atoms with Crippen molar-refractivity contribution in [3.05, 3.63) is 21.1 Å². The Kier molecular flexibility index (Phi) is 5.72. The molecule has 8 nitrogen and oxygen atoms in total. The van der Waals surface area contributed by atoms with Crippen LogP contribution in [0.1, 0.15) is 33.0 Å². The molecule has 0 radical (unpaired) electrons. The third-order valence-electron chi connectivity index (χ3n) is 6.23. The lowest BCUT2D eigenvalue weighted by Gasteiger charge is -2.60. The number of ether oxygens (including phenoxy) is 2. The molecule has 0 amide bonds. The van der Waals surface area contributed by atoms with E-state index in [9.17, 15) is 10.2 Å². The topological polar surface area (TPSA) is 96.8 Å². The fourth-order valence-electron chi connectivity index (χ4n) is 4.46. The standard InChI is InChI=1S/C20H26N4O4S2/c1-11-17(29-19(21-11)23-3-7-27-8-4-23)13-15(25)14(16(13)26)18-12(2)22-20(30-18)24-5-9-28-10-6-24/h13-16H,3-10H2,1-2H3/q-2. The van der Waals surface area contributed by atoms with Crippen molar-refractivity contribution in [3.63, 3.8) is 0 Å². The summed E-state index contributed by atoms with van der Waals surface area (Å²) in [5.41, 5.74) is 1.64. The van der Waals surface area contributed by atoms with Gasteiger partial charge in [-0.2, -0.15) is 0 Å². The minimum Gasteiger partial charge on any atom is -0.851 e. The first kappa shape index (κ1) is 20.6. The number of morpholine rings is 2. The van der Waals surface area contributed by atoms with Gasteiger partial charge in [0.15, 0.2) is 10.3 Å². The average molecular weight is 451 g/mol. The molecule has 3 aliphatic rings. The number of nitrogens with zero attached hydrogens (tertiary/aromatic N) is 4. The van der Waals surface area contributed by atoms with Gasteiger partial charge in [0.2, 0.25) is 0 Å². The zero-order valence-corrected chi connectivity index (χ0v) is 18.8. The van der Waals surface area contributed by atoms with Crippen molar-refractivity contribution in [2.75, 3.05) is 62.4 Å². The Labute approximate surface area is 184 Å². The van der Waals surface area contributed by atoms with Crippen LogP contribution in [0.25, 0.3) is 0 Å². The van der Waals surface area contributed by atoms with Crippen LogP contribution in [0.2, 0.25) is 0 Å². The maximum Gasteiger partial charge on any atom is 0.185 e. The maximum atomic E-state index is 13.2. The van der Waals surface area contributed by atoms with E-state index < -0.39 is 24.0 Å². The molecule has 2 aromatic heterocycles. The second kappa shape index (κ2) is 8.33. The lowest BCUT2D eigenvalue weighted by atomic mass is 9.67. The summed E-state index contributed by atoms with van der Waals surface area (Å²) in [5.74, 6) is -1.04. The fraction of sp³-hybridized carbons (Fsp3) is 0.700. The number of aryl methyl sites for hydroxylation is 2. The summed E-state index contributed by atoms with van der Waals surface area (Å²) in [6.07, 6.45) is -1.89. The Morgan fingerprint density at radius 1 is 0.733 bits per heavy atom. The molecule has 30 heavy (non-hydrogen) atoms. The summed E-state index contributed by atoms with van der Waals surface area (Å²) < 4.78 is 10.8. The van der Waals surface area contributed by atoms with E-state index in [-0.39, 0.29) is 0 Å². The molecule has 1 saturated carbocycles. The molecule has 2 aromatic rings. The molecule has 0 spiro atoms. The largest absolute Gasteiger partial charge is 0.851 e. The van der Waals surface area contributed by atoms with Gasteiger partial charge in [-0.25, -0.2) is 9.97 Å². The molecule has 2 aliphatic heterocycles. The molecule has 5 rings (SSSR count). The van der Waals surface area contributed by atoms with Crippen LogP contribution in [0.5, 0.6) is 0 Å². The summed E-state index contributed by atoms with van der Waals surface area (Å²) in [5, 5.41) is 28.2. The minimum absolute atomic E-state index is 0.518. The van der Waals surface area contributed by atoms with E-state index in [2.05, 4.69) is 19.8 Å². The summed E-state index contributed by atoms with van der Waals surface area (Å²) in [6, 6.07) is 0. The Morgan fingerprint density at radius 3 is 1.47 bits per heavy atom. The minimum atomic E-state index is -0.944. The highest BCUT2D eigenvalue weighted by Gasteiger charge is 2.42. The molecule has 10 heteroatoms. The second-order valence-electron chi connectivity index (χ2n) is 8.07. The van der Waals surface area contributed by atoms with E-state index in [1.54, 1.807) is 0 Å². The Hall–Kier alpha value is -1.30. The van der Waals surface area contributed by atoms with Crippen molar-refractivity contribution in [1.82, 2.24) is 9.97 Å². The van der Waals surface area contributed by atoms with Gasteiger partial charge in [-0.1, -0.05) is 0 Å². The van der Waals surface area contributed by atoms with Crippen LogP contribution in [0.4, 0.5) is 10.3 Å². The first-order valence-electron chi connectivity index (χ1n) is 10.5. The van der Waals surface area contributed by atoms with Crippen LogP contribution in [-0.2, 0) is 9.47 Å². The van der Waals surface area contributed by atoms with Crippen molar-refractivity contribution < 1.29 is 19.7 Å². The molecule has 0 N–H and O–H groups in total. The summed E-state index contributed by atoms with van der Waals surface area (Å²) in [6.45, 7) is 9.75. The van der Waals surface area contributed by atoms with Crippen molar-refractivity contribution in [1.29, 1.82) is 0 Å². The van der Waals surface area contributed by atoms with Crippen molar-refractivity contribution in [2.45, 2.75) is 37.9 Å². The van der Waals surface area contributed by atoms with Gasteiger partial charge in [0.05, 0.1) is 37.8 Å². The van der Waals surface area contributed by atoms with Crippen molar-refractivity contribution >= 4 is 32.9 Å². The lowest BCUT2D eigenvalue weighted by Crippen LogP contribution is -2.63. The maximum absolute atomic E-state index is 13.2. The van der Waals surface area contributed by atoms with Crippen LogP contribution in [0.15, 0.2) is 0 Å². The monoisotopic (exact) mass is 450 g/mol. The second-order valence-corrected chi connectivity index (χ2v) is 10.1. The normalized spacial score (nSPS) is 29.9. The van der Waals surface area contributed by atoms with Gasteiger partial charge in [-0.05, 0) is 25.7 Å². The van der Waals surface area contributed by atoms with Gasteiger partial charge in [0, 0.05) is 35.9 Å². The Bertz CT molecular complexity index is 811. The predicted octanol–water partition coefficient (Wildman–Crippen LogP) is 0.228. The van der Waals surface area contributed by atoms with Crippen molar-refractivity contribution in [3.8, 4) is 0 Å². The van der Waals surface area contributed by atoms with E-state index in [1.165, 1.54) is 22.7 Å². The fourth-order valence-corrected chi connectivity index (χ4v) is 7.03. The molecular weight excluding hydrogens is 424 g/mol. The van der Waals surface area contributed by atoms with Gasteiger partial charge in [0.1, 0.15) is 0 Å². The highest BCUT2D eigenvalue weighted by molar-refractivity contribution is 7.16. The third kappa shape index (κ3) is 3.53. The van der Waals surface area contributed by atoms with Crippen LogP contribution < -0.4 is 20.0 Å². The van der Waals surface area contributed by atoms with Crippen LogP contribution in [0.3, 0.4) is 0 Å². The van der Waals surface area contributed by atoms with Gasteiger partial charge in [-0.3, -0.25) is 0 Å². The predicted molar refractivity (Wildman–Crippen MR) is 113 cm³/mol. The van der Waals surface area contributed by atoms with E-state index in [0.717, 1.165) is 57.6 Å². The summed E-state index contributed by atoms with van der Waals surface area (Å²) in [4.78, 5) is 15.4. The number of anilines is 2. The van der Waals surface area contributed by atoms with Crippen LogP contribution in [0, 0.1) is 13.8 Å². The lowest BCUT2D eigenvalue weighted by molar-refractivity contribution is -0.535. The number of hydrogen-bond acceptors (Lipinski definition) is 10. The summed E-state index contributed by atoms with van der Waals surface area (Å²) >= 11 is 3.02. The highest BCUT2D eigenvalue weighted by Crippen LogP contribution is 2.51. The Morgan fingerprint density at radius 2 is 1.10 bits per heavy atom. The highest BCUT2D eigenvalue weighted by atomic mass is 32.1. The Balaban J connectivity index is 1.34. The molecule has 2 saturated heterocycles. The smallest absolute Gasteiger partial charge is 0.185 e. The quantitative estimate of drug-likeness (QED) is 0.653. The molecular formula is C20H26N4O4S2-2. The van der Waals surface area contributed by atoms with E-state index in [1.807, 2.05) is 13.8 Å². The van der Waals surface area contributed by atoms with Crippen LogP contribution >= 0.6 is 22.7 Å². The van der Waals surface area contributed by atoms with Gasteiger partial charge in [-0.15, -0.1) is 34.9 Å². The molecule has 0 unspecified atom stereocenters. The number of aromatic nitrogens is 2. The first-order valence-corrected chi connectivity index (χ1v) is 12.1. The third-order valence-corrected chi connectivity index (χ3v) is 8.87. The zero-order chi connectivity index (χ0) is 20.8. The molecule has 3 fully saturated rings. The van der Waals surface area contributed by atoms with Gasteiger partial charge >= 0.3 is 0 Å². The van der Waals surface area contributed by atoms with E-state index in [4.69, 9.17) is 9.47 Å². The molecule has 0 aromatic carbocycles. The zero-order valence-electron chi connectivity index (χ0n) is 17.2. The van der Waals surface area contributed by atoms with Gasteiger partial charge < -0.3 is 29.5 Å². The molecule has 4 heterocycles. The van der Waals surface area contributed by atoms with E-state index >= 15 is 0 Å². The molecule has 0 atom stereocenters. The van der Waals surface area contributed by atoms with Crippen LogP contribution in [-0.4, -0.2) is 74.8 Å². The van der Waals surface area contributed by atoms with E-state index in [0.29, 0.717) is 26.4 Å². The average Bonchev–Trinajstić information content (AvgIpc) is 3.33. The number of hydrogen-bond donors (Lipinski definition) is 0. The number of rotatable bonds is 4. The van der Waals surface area contributed by atoms with Crippen molar-refractivity contribution in [2.24, 2.45) is 0 Å². The first-order chi connectivity index (χ1) is 14.5. The summed E-state index contributed by atoms with van der Waals surface area (Å²) in [7, 11) is 0. The molecule has 164 valence electrons. The number of thiazole rings is 2. The van der Waals surface area contributed by atoms with Gasteiger partial charge in [0.25, 0.3) is 0 Å². The molecule has 1 aliphatic carbocycles.